The minimum absolute atomic E-state index is 0.177. The first-order valence-corrected chi connectivity index (χ1v) is 7.36. The molecule has 2 heterocycles. The molecule has 1 aromatic rings. The molecule has 5 heteroatoms. The van der Waals surface area contributed by atoms with E-state index >= 15 is 0 Å². The molecule has 2 rings (SSSR count). The van der Waals surface area contributed by atoms with Crippen molar-refractivity contribution < 1.29 is 4.79 Å². The molecule has 0 atom stereocenters. The van der Waals surface area contributed by atoms with Gasteiger partial charge in [-0.1, -0.05) is 13.0 Å². The molecule has 20 heavy (non-hydrogen) atoms. The summed E-state index contributed by atoms with van der Waals surface area (Å²) < 4.78 is 0. The van der Waals surface area contributed by atoms with Gasteiger partial charge in [0.1, 0.15) is 5.82 Å². The predicted molar refractivity (Wildman–Crippen MR) is 80.5 cm³/mol. The molecule has 0 aromatic carbocycles. The molecule has 1 fully saturated rings. The van der Waals surface area contributed by atoms with Crippen molar-refractivity contribution in [1.29, 1.82) is 0 Å². The molecule has 1 saturated heterocycles. The fraction of sp³-hybridized carbons (Fsp3) is 0.600. The number of nitrogens with zero attached hydrogens (tertiary/aromatic N) is 3. The number of amides is 1. The zero-order chi connectivity index (χ0) is 14.4. The zero-order valence-electron chi connectivity index (χ0n) is 12.4. The van der Waals surface area contributed by atoms with Crippen LogP contribution in [0.1, 0.15) is 25.8 Å². The Bertz CT molecular complexity index is 441. The summed E-state index contributed by atoms with van der Waals surface area (Å²) in [5, 5.41) is 3.38. The molecule has 0 unspecified atom stereocenters. The van der Waals surface area contributed by atoms with Crippen LogP contribution in [0.25, 0.3) is 0 Å². The van der Waals surface area contributed by atoms with Gasteiger partial charge in [-0.15, -0.1) is 0 Å². The molecule has 0 bridgehead atoms. The van der Waals surface area contributed by atoms with Crippen molar-refractivity contribution in [2.45, 2.75) is 26.8 Å². The van der Waals surface area contributed by atoms with Gasteiger partial charge < -0.3 is 10.2 Å². The molecule has 0 aliphatic carbocycles. The van der Waals surface area contributed by atoms with E-state index in [0.29, 0.717) is 0 Å². The third-order valence-corrected chi connectivity index (χ3v) is 3.65. The number of hydrogen-bond donors (Lipinski definition) is 1. The third kappa shape index (κ3) is 3.93. The Morgan fingerprint density at radius 2 is 2.10 bits per heavy atom. The van der Waals surface area contributed by atoms with E-state index < -0.39 is 0 Å². The fourth-order valence-electron chi connectivity index (χ4n) is 2.43. The Balaban J connectivity index is 1.92. The fourth-order valence-corrected chi connectivity index (χ4v) is 2.43. The molecule has 1 amide bonds. The lowest BCUT2D eigenvalue weighted by Gasteiger charge is -2.34. The average Bonchev–Trinajstić information content (AvgIpc) is 2.47. The van der Waals surface area contributed by atoms with E-state index in [1.165, 1.54) is 5.56 Å². The van der Waals surface area contributed by atoms with Crippen molar-refractivity contribution in [3.05, 3.63) is 23.9 Å². The number of aromatic nitrogens is 1. The first-order valence-electron chi connectivity index (χ1n) is 7.36. The Morgan fingerprint density at radius 1 is 1.35 bits per heavy atom. The lowest BCUT2D eigenvalue weighted by Crippen LogP contribution is -2.47. The summed E-state index contributed by atoms with van der Waals surface area (Å²) in [6, 6.07) is 4.11. The van der Waals surface area contributed by atoms with E-state index in [1.54, 1.807) is 6.92 Å². The summed E-state index contributed by atoms with van der Waals surface area (Å²) in [5.41, 5.74) is 1.23. The van der Waals surface area contributed by atoms with Crippen molar-refractivity contribution in [2.24, 2.45) is 0 Å². The molecular weight excluding hydrogens is 252 g/mol. The van der Waals surface area contributed by atoms with Gasteiger partial charge in [-0.25, -0.2) is 4.98 Å². The maximum absolute atomic E-state index is 11.3. The Kier molecular flexibility index (Phi) is 5.35. The van der Waals surface area contributed by atoms with Crippen LogP contribution in [-0.4, -0.2) is 53.4 Å². The SMILES string of the molecule is CCCNc1ncccc1CN1CCN(C(C)=O)CC1. The largest absolute Gasteiger partial charge is 0.370 e. The van der Waals surface area contributed by atoms with Gasteiger partial charge in [-0.05, 0) is 12.5 Å². The summed E-state index contributed by atoms with van der Waals surface area (Å²) >= 11 is 0. The number of pyridine rings is 1. The van der Waals surface area contributed by atoms with Gasteiger partial charge >= 0.3 is 0 Å². The molecular formula is C15H24N4O. The maximum atomic E-state index is 11.3. The quantitative estimate of drug-likeness (QED) is 0.887. The van der Waals surface area contributed by atoms with Crippen LogP contribution in [0.2, 0.25) is 0 Å². The van der Waals surface area contributed by atoms with Crippen LogP contribution in [0.5, 0.6) is 0 Å². The van der Waals surface area contributed by atoms with Crippen LogP contribution in [0.4, 0.5) is 5.82 Å². The highest BCUT2D eigenvalue weighted by Crippen LogP contribution is 2.15. The third-order valence-electron chi connectivity index (χ3n) is 3.65. The van der Waals surface area contributed by atoms with Crippen LogP contribution in [0.3, 0.4) is 0 Å². The number of rotatable bonds is 5. The van der Waals surface area contributed by atoms with Crippen LogP contribution < -0.4 is 5.32 Å². The van der Waals surface area contributed by atoms with Crippen molar-refractivity contribution in [3.63, 3.8) is 0 Å². The summed E-state index contributed by atoms with van der Waals surface area (Å²) in [4.78, 5) is 20.0. The zero-order valence-corrected chi connectivity index (χ0v) is 12.4. The minimum atomic E-state index is 0.177. The van der Waals surface area contributed by atoms with Gasteiger partial charge in [0.25, 0.3) is 0 Å². The molecule has 0 spiro atoms. The van der Waals surface area contributed by atoms with E-state index in [4.69, 9.17) is 0 Å². The van der Waals surface area contributed by atoms with Gasteiger partial charge in [-0.3, -0.25) is 9.69 Å². The van der Waals surface area contributed by atoms with Crippen LogP contribution in [0, 0.1) is 0 Å². The summed E-state index contributed by atoms with van der Waals surface area (Å²) in [7, 11) is 0. The first kappa shape index (κ1) is 14.8. The van der Waals surface area contributed by atoms with E-state index in [2.05, 4.69) is 28.2 Å². The number of piperazine rings is 1. The highest BCUT2D eigenvalue weighted by molar-refractivity contribution is 5.73. The highest BCUT2D eigenvalue weighted by Gasteiger charge is 2.19. The van der Waals surface area contributed by atoms with Gasteiger partial charge in [0.15, 0.2) is 0 Å². The van der Waals surface area contributed by atoms with Crippen molar-refractivity contribution in [1.82, 2.24) is 14.8 Å². The normalized spacial score (nSPS) is 16.2. The van der Waals surface area contributed by atoms with Gasteiger partial charge in [0, 0.05) is 58.0 Å². The number of hydrogen-bond acceptors (Lipinski definition) is 4. The van der Waals surface area contributed by atoms with Crippen LogP contribution in [0.15, 0.2) is 18.3 Å². The molecule has 1 aromatic heterocycles. The Hall–Kier alpha value is -1.62. The number of anilines is 1. The maximum Gasteiger partial charge on any atom is 0.219 e. The number of carbonyl (C=O) groups is 1. The number of carbonyl (C=O) groups excluding carboxylic acids is 1. The highest BCUT2D eigenvalue weighted by atomic mass is 16.2. The Labute approximate surface area is 121 Å². The first-order chi connectivity index (χ1) is 9.70. The molecule has 110 valence electrons. The van der Waals surface area contributed by atoms with Gasteiger partial charge in [-0.2, -0.15) is 0 Å². The van der Waals surface area contributed by atoms with E-state index in [0.717, 1.165) is 51.5 Å². The Morgan fingerprint density at radius 3 is 2.75 bits per heavy atom. The minimum Gasteiger partial charge on any atom is -0.370 e. The standard InChI is InChI=1S/C15H24N4O/c1-3-6-16-15-14(5-4-7-17-15)12-18-8-10-19(11-9-18)13(2)20/h4-5,7H,3,6,8-12H2,1-2H3,(H,16,17). The van der Waals surface area contributed by atoms with E-state index in [1.807, 2.05) is 17.2 Å². The molecule has 1 aliphatic heterocycles. The van der Waals surface area contributed by atoms with Crippen LogP contribution in [-0.2, 0) is 11.3 Å². The second-order valence-electron chi connectivity index (χ2n) is 5.22. The lowest BCUT2D eigenvalue weighted by molar-refractivity contribution is -0.130. The molecule has 1 N–H and O–H groups in total. The lowest BCUT2D eigenvalue weighted by atomic mass is 10.2. The second-order valence-corrected chi connectivity index (χ2v) is 5.22. The molecule has 0 saturated carbocycles. The molecule has 1 aliphatic rings. The van der Waals surface area contributed by atoms with Gasteiger partial charge in [0.05, 0.1) is 0 Å². The summed E-state index contributed by atoms with van der Waals surface area (Å²) in [5.74, 6) is 1.17. The van der Waals surface area contributed by atoms with Crippen molar-refractivity contribution >= 4 is 11.7 Å². The summed E-state index contributed by atoms with van der Waals surface area (Å²) in [6.45, 7) is 9.15. The average molecular weight is 276 g/mol. The molecule has 0 radical (unpaired) electrons. The smallest absolute Gasteiger partial charge is 0.219 e. The van der Waals surface area contributed by atoms with E-state index in [9.17, 15) is 4.79 Å². The summed E-state index contributed by atoms with van der Waals surface area (Å²) in [6.07, 6.45) is 2.92. The predicted octanol–water partition coefficient (Wildman–Crippen LogP) is 1.57. The second kappa shape index (κ2) is 7.24. The molecule has 5 nitrogen and oxygen atoms in total. The monoisotopic (exact) mass is 276 g/mol. The topological polar surface area (TPSA) is 48.5 Å². The van der Waals surface area contributed by atoms with Crippen molar-refractivity contribution in [3.8, 4) is 0 Å². The van der Waals surface area contributed by atoms with Crippen LogP contribution >= 0.6 is 0 Å². The van der Waals surface area contributed by atoms with Gasteiger partial charge in [0.2, 0.25) is 5.91 Å². The number of nitrogens with one attached hydrogen (secondary N) is 1. The van der Waals surface area contributed by atoms with E-state index in [-0.39, 0.29) is 5.91 Å². The van der Waals surface area contributed by atoms with Crippen molar-refractivity contribution in [2.75, 3.05) is 38.0 Å².